The van der Waals surface area contributed by atoms with Crippen molar-refractivity contribution >= 4 is 29.0 Å². The molecule has 4 aromatic rings. The van der Waals surface area contributed by atoms with Crippen molar-refractivity contribution in [2.24, 2.45) is 0 Å². The Hall–Kier alpha value is -3.69. The fourth-order valence-corrected chi connectivity index (χ4v) is 4.55. The number of rotatable bonds is 14. The maximum atomic E-state index is 13.6. The number of carbonyl (C=O) groups is 1. The van der Waals surface area contributed by atoms with Crippen molar-refractivity contribution in [3.05, 3.63) is 105 Å². The number of aliphatic hydroxyl groups is 1. The molecule has 1 heterocycles. The molecule has 0 amide bonds. The first kappa shape index (κ1) is 31.3. The van der Waals surface area contributed by atoms with E-state index in [2.05, 4.69) is 4.98 Å². The molecule has 4 rings (SSSR count). The second-order valence-corrected chi connectivity index (χ2v) is 10.1. The maximum Gasteiger partial charge on any atom is 0.163 e. The van der Waals surface area contributed by atoms with Crippen LogP contribution in [0.15, 0.2) is 72.8 Å². The highest BCUT2D eigenvalue weighted by atomic mass is 35.5. The molecule has 0 spiro atoms. The summed E-state index contributed by atoms with van der Waals surface area (Å²) in [6.45, 7) is 1.08. The zero-order chi connectivity index (χ0) is 30.1. The highest BCUT2D eigenvalue weighted by Gasteiger charge is 2.18. The summed E-state index contributed by atoms with van der Waals surface area (Å²) in [7, 11) is 3.10. The number of hydrogen-bond donors (Lipinski definition) is 1. The molecule has 1 aromatic heterocycles. The second kappa shape index (κ2) is 15.0. The van der Waals surface area contributed by atoms with E-state index in [1.165, 1.54) is 25.3 Å². The number of pyridine rings is 1. The monoisotopic (exact) mass is 613 g/mol. The lowest BCUT2D eigenvalue weighted by Gasteiger charge is -2.14. The molecule has 220 valence electrons. The molecule has 0 radical (unpaired) electrons. The van der Waals surface area contributed by atoms with Crippen LogP contribution in [-0.4, -0.2) is 43.3 Å². The molecule has 0 fully saturated rings. The number of benzene rings is 3. The van der Waals surface area contributed by atoms with E-state index >= 15 is 0 Å². The zero-order valence-electron chi connectivity index (χ0n) is 23.1. The van der Waals surface area contributed by atoms with Gasteiger partial charge in [-0.25, -0.2) is 9.37 Å². The normalized spacial score (nSPS) is 11.7. The van der Waals surface area contributed by atoms with Gasteiger partial charge in [0, 0.05) is 17.5 Å². The van der Waals surface area contributed by atoms with Gasteiger partial charge in [-0.1, -0.05) is 35.3 Å². The first-order valence-corrected chi connectivity index (χ1v) is 13.9. The molecule has 1 atom stereocenters. The van der Waals surface area contributed by atoms with E-state index in [0.29, 0.717) is 52.3 Å². The molecule has 0 aliphatic rings. The minimum atomic E-state index is -1.02. The Labute approximate surface area is 253 Å². The van der Waals surface area contributed by atoms with Gasteiger partial charge in [0.1, 0.15) is 35.4 Å². The first-order valence-electron chi connectivity index (χ1n) is 13.1. The molecule has 0 saturated carbocycles. The number of Topliss-reactive ketones (excluding diaryl/α,β-unsaturated/α-hetero) is 1. The average molecular weight is 614 g/mol. The molecule has 0 aliphatic heterocycles. The van der Waals surface area contributed by atoms with Gasteiger partial charge < -0.3 is 24.1 Å². The summed E-state index contributed by atoms with van der Waals surface area (Å²) in [5, 5.41) is 11.0. The van der Waals surface area contributed by atoms with Crippen LogP contribution < -0.4 is 14.2 Å². The Kier molecular flexibility index (Phi) is 11.1. The van der Waals surface area contributed by atoms with Gasteiger partial charge >= 0.3 is 0 Å². The van der Waals surface area contributed by atoms with Gasteiger partial charge in [0.2, 0.25) is 0 Å². The van der Waals surface area contributed by atoms with Crippen LogP contribution in [-0.2, 0) is 11.3 Å². The van der Waals surface area contributed by atoms with Crippen LogP contribution in [0.25, 0.3) is 11.3 Å². The van der Waals surface area contributed by atoms with Crippen molar-refractivity contribution in [3.8, 4) is 28.5 Å². The molecule has 0 bridgehead atoms. The van der Waals surface area contributed by atoms with Crippen LogP contribution in [0.2, 0.25) is 10.0 Å². The number of aliphatic hydroxyl groups excluding tert-OH is 1. The Morgan fingerprint density at radius 1 is 0.905 bits per heavy atom. The first-order chi connectivity index (χ1) is 20.3. The molecular weight excluding hydrogens is 584 g/mol. The number of carbonyl (C=O) groups excluding carboxylic acids is 1. The summed E-state index contributed by atoms with van der Waals surface area (Å²) in [6.07, 6.45) is -0.837. The number of ether oxygens (including phenoxy) is 4. The largest absolute Gasteiger partial charge is 0.497 e. The van der Waals surface area contributed by atoms with Crippen LogP contribution in [0.5, 0.6) is 17.2 Å². The Bertz CT molecular complexity index is 1520. The number of methoxy groups -OCH3 is 2. The summed E-state index contributed by atoms with van der Waals surface area (Å²) in [5.74, 6) is 0.919. The fourth-order valence-electron chi connectivity index (χ4n) is 4.14. The number of halogens is 3. The molecule has 42 heavy (non-hydrogen) atoms. The Morgan fingerprint density at radius 2 is 1.67 bits per heavy atom. The van der Waals surface area contributed by atoms with Crippen LogP contribution in [0.1, 0.15) is 40.6 Å². The molecule has 10 heteroatoms. The molecule has 7 nitrogen and oxygen atoms in total. The van der Waals surface area contributed by atoms with Crippen LogP contribution in [0.3, 0.4) is 0 Å². The van der Waals surface area contributed by atoms with E-state index in [9.17, 15) is 14.3 Å². The molecule has 1 N–H and O–H groups in total. The molecular formula is C32H30Cl2FNO6. The second-order valence-electron chi connectivity index (χ2n) is 9.29. The van der Waals surface area contributed by atoms with E-state index in [0.717, 1.165) is 11.3 Å². The minimum absolute atomic E-state index is 0.0546. The quantitative estimate of drug-likeness (QED) is 0.116. The predicted octanol–water partition coefficient (Wildman–Crippen LogP) is 7.50. The zero-order valence-corrected chi connectivity index (χ0v) is 24.6. The van der Waals surface area contributed by atoms with Crippen molar-refractivity contribution in [2.45, 2.75) is 25.6 Å². The SMILES string of the molecule is COc1ccc(COCCOc2ccc(C(=O)CCC(O)c3ccc(OC)c(-c4ccc(F)c(Cl)c4)n3)cc2Cl)cc1. The van der Waals surface area contributed by atoms with Crippen LogP contribution in [0.4, 0.5) is 4.39 Å². The smallest absolute Gasteiger partial charge is 0.163 e. The van der Waals surface area contributed by atoms with Crippen LogP contribution >= 0.6 is 23.2 Å². The van der Waals surface area contributed by atoms with Gasteiger partial charge in [-0.3, -0.25) is 4.79 Å². The average Bonchev–Trinajstić information content (AvgIpc) is 3.01. The van der Waals surface area contributed by atoms with Gasteiger partial charge in [0.15, 0.2) is 5.78 Å². The van der Waals surface area contributed by atoms with Crippen molar-refractivity contribution in [1.29, 1.82) is 0 Å². The number of ketones is 1. The van der Waals surface area contributed by atoms with Gasteiger partial charge in [-0.15, -0.1) is 0 Å². The van der Waals surface area contributed by atoms with E-state index in [1.54, 1.807) is 37.4 Å². The van der Waals surface area contributed by atoms with E-state index in [1.807, 2.05) is 24.3 Å². The predicted molar refractivity (Wildman–Crippen MR) is 159 cm³/mol. The Morgan fingerprint density at radius 3 is 2.36 bits per heavy atom. The third-order valence-corrected chi connectivity index (χ3v) is 7.03. The third kappa shape index (κ3) is 8.20. The van der Waals surface area contributed by atoms with Gasteiger partial charge in [0.25, 0.3) is 0 Å². The lowest BCUT2D eigenvalue weighted by atomic mass is 10.0. The van der Waals surface area contributed by atoms with E-state index < -0.39 is 11.9 Å². The summed E-state index contributed by atoms with van der Waals surface area (Å²) in [4.78, 5) is 17.4. The Balaban J connectivity index is 1.29. The van der Waals surface area contributed by atoms with Crippen molar-refractivity contribution in [2.75, 3.05) is 27.4 Å². The highest BCUT2D eigenvalue weighted by Crippen LogP contribution is 2.33. The van der Waals surface area contributed by atoms with Gasteiger partial charge in [-0.05, 0) is 72.6 Å². The van der Waals surface area contributed by atoms with Crippen molar-refractivity contribution in [3.63, 3.8) is 0 Å². The summed E-state index contributed by atoms with van der Waals surface area (Å²) in [6, 6.07) is 19.9. The summed E-state index contributed by atoms with van der Waals surface area (Å²) in [5.41, 5.74) is 2.69. The molecule has 3 aromatic carbocycles. The number of hydrogen-bond acceptors (Lipinski definition) is 7. The number of aromatic nitrogens is 1. The van der Waals surface area contributed by atoms with Crippen molar-refractivity contribution in [1.82, 2.24) is 4.98 Å². The molecule has 0 aliphatic carbocycles. The number of nitrogens with zero attached hydrogens (tertiary/aromatic N) is 1. The minimum Gasteiger partial charge on any atom is -0.497 e. The topological polar surface area (TPSA) is 87.1 Å². The molecule has 0 saturated heterocycles. The molecule has 1 unspecified atom stereocenters. The van der Waals surface area contributed by atoms with Gasteiger partial charge in [-0.2, -0.15) is 0 Å². The van der Waals surface area contributed by atoms with E-state index in [-0.39, 0.29) is 30.3 Å². The lowest BCUT2D eigenvalue weighted by molar-refractivity contribution is 0.0888. The third-order valence-electron chi connectivity index (χ3n) is 6.45. The van der Waals surface area contributed by atoms with E-state index in [4.69, 9.17) is 42.1 Å². The van der Waals surface area contributed by atoms with Gasteiger partial charge in [0.05, 0.1) is 49.3 Å². The van der Waals surface area contributed by atoms with Crippen molar-refractivity contribution < 1.29 is 33.2 Å². The van der Waals surface area contributed by atoms with Crippen LogP contribution in [0, 0.1) is 5.82 Å². The lowest BCUT2D eigenvalue weighted by Crippen LogP contribution is -2.08. The fraction of sp³-hybridized carbons (Fsp3) is 0.250. The summed E-state index contributed by atoms with van der Waals surface area (Å²) < 4.78 is 35.5. The summed E-state index contributed by atoms with van der Waals surface area (Å²) >= 11 is 12.3. The maximum absolute atomic E-state index is 13.6. The standard InChI is InChI=1S/C32H30Cl2FNO6/c1-39-23-7-3-20(4-8-23)19-41-15-16-42-30-13-6-21(17-25(30)34)28(37)11-12-29(38)27-10-14-31(40-2)32(36-27)22-5-9-26(35)24(33)18-22/h3-10,13-14,17-18,29,38H,11-12,15-16,19H2,1-2H3. The highest BCUT2D eigenvalue weighted by molar-refractivity contribution is 6.32.